The van der Waals surface area contributed by atoms with Crippen LogP contribution in [0.25, 0.3) is 0 Å². The first kappa shape index (κ1) is 18.1. The Kier molecular flexibility index (Phi) is 4.84. The lowest BCUT2D eigenvalue weighted by atomic mass is 9.44. The highest BCUT2D eigenvalue weighted by molar-refractivity contribution is 5.23. The standard InChI is InChI=1S/C24H40O/c1-5-18-8-10-21-20-9-7-19-15-17(3)11-14-24(19,16-25-6-2)22(20)12-13-23(18,21)4/h5,17,19-22H,6-16H2,1-4H3/b18-5-/t17?,19-,20+,21+,22+,23-,24-/m1/s1. The summed E-state index contributed by atoms with van der Waals surface area (Å²) in [5.41, 5.74) is 2.83. The number of ether oxygens (including phenoxy) is 1. The molecule has 1 heteroatoms. The third-order valence-corrected chi connectivity index (χ3v) is 9.40. The Bertz CT molecular complexity index is 518. The molecule has 25 heavy (non-hydrogen) atoms. The van der Waals surface area contributed by atoms with Crippen LogP contribution in [0.2, 0.25) is 0 Å². The van der Waals surface area contributed by atoms with Gasteiger partial charge in [-0.25, -0.2) is 0 Å². The van der Waals surface area contributed by atoms with Crippen molar-refractivity contribution in [2.75, 3.05) is 13.2 Å². The predicted molar refractivity (Wildman–Crippen MR) is 105 cm³/mol. The highest BCUT2D eigenvalue weighted by Gasteiger charge is 2.60. The van der Waals surface area contributed by atoms with Gasteiger partial charge in [0.15, 0.2) is 0 Å². The lowest BCUT2D eigenvalue weighted by Crippen LogP contribution is -2.55. The van der Waals surface area contributed by atoms with Gasteiger partial charge < -0.3 is 4.74 Å². The van der Waals surface area contributed by atoms with E-state index in [1.165, 1.54) is 57.8 Å². The second-order valence-electron chi connectivity index (χ2n) is 10.2. The third kappa shape index (κ3) is 2.67. The first-order valence-corrected chi connectivity index (χ1v) is 11.3. The van der Waals surface area contributed by atoms with E-state index in [1.54, 1.807) is 5.57 Å². The fourth-order valence-electron chi connectivity index (χ4n) is 8.16. The summed E-state index contributed by atoms with van der Waals surface area (Å²) in [5.74, 6) is 4.75. The Balaban J connectivity index is 1.65. The number of fused-ring (bicyclic) bond motifs is 5. The molecule has 4 saturated carbocycles. The van der Waals surface area contributed by atoms with Gasteiger partial charge in [-0.2, -0.15) is 0 Å². The Morgan fingerprint density at radius 3 is 2.68 bits per heavy atom. The smallest absolute Gasteiger partial charge is 0.0527 e. The van der Waals surface area contributed by atoms with Crippen LogP contribution in [0.5, 0.6) is 0 Å². The summed E-state index contributed by atoms with van der Waals surface area (Å²) in [6.45, 7) is 11.5. The number of hydrogen-bond donors (Lipinski definition) is 0. The molecule has 4 rings (SSSR count). The number of allylic oxidation sites excluding steroid dienone is 2. The van der Waals surface area contributed by atoms with Gasteiger partial charge in [0.1, 0.15) is 0 Å². The Morgan fingerprint density at radius 1 is 1.08 bits per heavy atom. The Labute approximate surface area is 156 Å². The van der Waals surface area contributed by atoms with Crippen LogP contribution in [0.15, 0.2) is 11.6 Å². The summed E-state index contributed by atoms with van der Waals surface area (Å²) in [5, 5.41) is 0. The highest BCUT2D eigenvalue weighted by Crippen LogP contribution is 2.67. The van der Waals surface area contributed by atoms with Gasteiger partial charge in [0.25, 0.3) is 0 Å². The highest BCUT2D eigenvalue weighted by atomic mass is 16.5. The lowest BCUT2D eigenvalue weighted by Gasteiger charge is -2.61. The zero-order chi connectivity index (χ0) is 17.7. The molecule has 0 bridgehead atoms. The van der Waals surface area contributed by atoms with E-state index in [9.17, 15) is 0 Å². The average Bonchev–Trinajstić information content (AvgIpc) is 2.96. The van der Waals surface area contributed by atoms with Crippen molar-refractivity contribution in [2.45, 2.75) is 85.5 Å². The topological polar surface area (TPSA) is 9.23 Å². The first-order chi connectivity index (χ1) is 12.0. The monoisotopic (exact) mass is 344 g/mol. The molecule has 0 aromatic carbocycles. The molecule has 142 valence electrons. The van der Waals surface area contributed by atoms with Crippen molar-refractivity contribution < 1.29 is 4.74 Å². The van der Waals surface area contributed by atoms with Crippen molar-refractivity contribution in [1.29, 1.82) is 0 Å². The normalized spacial score (nSPS) is 51.0. The van der Waals surface area contributed by atoms with E-state index in [1.807, 2.05) is 0 Å². The molecular formula is C24H40O. The summed E-state index contributed by atoms with van der Waals surface area (Å²) < 4.78 is 6.18. The molecule has 4 fully saturated rings. The molecule has 0 radical (unpaired) electrons. The molecule has 0 aliphatic heterocycles. The van der Waals surface area contributed by atoms with Gasteiger partial charge in [-0.1, -0.05) is 31.9 Å². The molecule has 0 aromatic rings. The molecule has 4 aliphatic carbocycles. The molecule has 1 nitrogen and oxygen atoms in total. The minimum atomic E-state index is 0.519. The molecule has 0 saturated heterocycles. The summed E-state index contributed by atoms with van der Waals surface area (Å²) in [4.78, 5) is 0. The first-order valence-electron chi connectivity index (χ1n) is 11.3. The van der Waals surface area contributed by atoms with Crippen LogP contribution in [0, 0.1) is 40.4 Å². The van der Waals surface area contributed by atoms with Gasteiger partial charge in [-0.15, -0.1) is 0 Å². The minimum absolute atomic E-state index is 0.519. The summed E-state index contributed by atoms with van der Waals surface area (Å²) in [7, 11) is 0. The molecular weight excluding hydrogens is 304 g/mol. The van der Waals surface area contributed by atoms with Crippen LogP contribution in [0.3, 0.4) is 0 Å². The van der Waals surface area contributed by atoms with Gasteiger partial charge in [0.2, 0.25) is 0 Å². The predicted octanol–water partition coefficient (Wildman–Crippen LogP) is 6.63. The fourth-order valence-corrected chi connectivity index (χ4v) is 8.16. The second kappa shape index (κ2) is 6.70. The van der Waals surface area contributed by atoms with E-state index in [0.29, 0.717) is 10.8 Å². The van der Waals surface area contributed by atoms with Crippen molar-refractivity contribution in [2.24, 2.45) is 40.4 Å². The number of hydrogen-bond acceptors (Lipinski definition) is 1. The molecule has 0 aromatic heterocycles. The largest absolute Gasteiger partial charge is 0.381 e. The van der Waals surface area contributed by atoms with Crippen LogP contribution < -0.4 is 0 Å². The van der Waals surface area contributed by atoms with Crippen molar-refractivity contribution in [3.63, 3.8) is 0 Å². The number of rotatable bonds is 3. The Hall–Kier alpha value is -0.300. The van der Waals surface area contributed by atoms with Gasteiger partial charge in [-0.05, 0) is 106 Å². The fraction of sp³-hybridized carbons (Fsp3) is 0.917. The van der Waals surface area contributed by atoms with E-state index in [2.05, 4.69) is 33.8 Å². The van der Waals surface area contributed by atoms with E-state index in [-0.39, 0.29) is 0 Å². The Morgan fingerprint density at radius 2 is 1.92 bits per heavy atom. The minimum Gasteiger partial charge on any atom is -0.381 e. The SMILES string of the molecule is C/C=C1/CC[C@H]2[C@@H]3CC[C@@H]4CC(C)CC[C@]4(COCC)[C@H]3CC[C@]12C. The summed E-state index contributed by atoms with van der Waals surface area (Å²) in [6.07, 6.45) is 15.5. The van der Waals surface area contributed by atoms with Crippen molar-refractivity contribution in [1.82, 2.24) is 0 Å². The molecule has 1 unspecified atom stereocenters. The van der Waals surface area contributed by atoms with E-state index < -0.39 is 0 Å². The summed E-state index contributed by atoms with van der Waals surface area (Å²) >= 11 is 0. The zero-order valence-electron chi connectivity index (χ0n) is 17.2. The molecule has 0 N–H and O–H groups in total. The average molecular weight is 345 g/mol. The molecule has 7 atom stereocenters. The van der Waals surface area contributed by atoms with Crippen LogP contribution >= 0.6 is 0 Å². The van der Waals surface area contributed by atoms with Crippen molar-refractivity contribution in [3.8, 4) is 0 Å². The molecule has 0 spiro atoms. The van der Waals surface area contributed by atoms with Gasteiger partial charge in [-0.3, -0.25) is 0 Å². The van der Waals surface area contributed by atoms with Crippen molar-refractivity contribution in [3.05, 3.63) is 11.6 Å². The molecule has 0 heterocycles. The maximum absolute atomic E-state index is 6.18. The van der Waals surface area contributed by atoms with Crippen LogP contribution in [0.4, 0.5) is 0 Å². The van der Waals surface area contributed by atoms with Crippen molar-refractivity contribution >= 4 is 0 Å². The van der Waals surface area contributed by atoms with E-state index >= 15 is 0 Å². The van der Waals surface area contributed by atoms with Crippen LogP contribution in [0.1, 0.15) is 85.5 Å². The molecule has 0 amide bonds. The maximum atomic E-state index is 6.18. The van der Waals surface area contributed by atoms with Gasteiger partial charge >= 0.3 is 0 Å². The van der Waals surface area contributed by atoms with E-state index in [0.717, 1.165) is 42.8 Å². The third-order valence-electron chi connectivity index (χ3n) is 9.40. The summed E-state index contributed by atoms with van der Waals surface area (Å²) in [6, 6.07) is 0. The quantitative estimate of drug-likeness (QED) is 0.522. The molecule has 4 aliphatic rings. The van der Waals surface area contributed by atoms with Gasteiger partial charge in [0, 0.05) is 6.61 Å². The second-order valence-corrected chi connectivity index (χ2v) is 10.2. The maximum Gasteiger partial charge on any atom is 0.0527 e. The van der Waals surface area contributed by atoms with Gasteiger partial charge in [0.05, 0.1) is 6.61 Å². The van der Waals surface area contributed by atoms with Crippen LogP contribution in [-0.4, -0.2) is 13.2 Å². The lowest BCUT2D eigenvalue weighted by molar-refractivity contribution is -0.147. The zero-order valence-corrected chi connectivity index (χ0v) is 17.2. The van der Waals surface area contributed by atoms with Crippen LogP contribution in [-0.2, 0) is 4.74 Å². The van der Waals surface area contributed by atoms with E-state index in [4.69, 9.17) is 4.74 Å².